The van der Waals surface area contributed by atoms with Crippen LogP contribution in [-0.2, 0) is 11.2 Å². The van der Waals surface area contributed by atoms with Crippen LogP contribution in [0, 0.1) is 11.3 Å². The molecular weight excluding hydrogens is 352 g/mol. The van der Waals surface area contributed by atoms with Gasteiger partial charge in [-0.05, 0) is 49.4 Å². The molecule has 0 radical (unpaired) electrons. The highest BCUT2D eigenvalue weighted by molar-refractivity contribution is 5.88. The fourth-order valence-electron chi connectivity index (χ4n) is 3.65. The highest BCUT2D eigenvalue weighted by atomic mass is 16.4. The van der Waals surface area contributed by atoms with E-state index in [1.54, 1.807) is 24.3 Å². The number of amides is 1. The number of hydrogen-bond donors (Lipinski definition) is 1. The van der Waals surface area contributed by atoms with Gasteiger partial charge in [-0.3, -0.25) is 9.78 Å². The fraction of sp³-hybridized carbons (Fsp3) is 0.435. The maximum Gasteiger partial charge on any atom is 0.335 e. The van der Waals surface area contributed by atoms with Gasteiger partial charge in [0.2, 0.25) is 5.91 Å². The lowest BCUT2D eigenvalue weighted by Crippen LogP contribution is -2.44. The molecule has 1 amide bonds. The summed E-state index contributed by atoms with van der Waals surface area (Å²) in [5.74, 6) is -0.165. The zero-order chi connectivity index (χ0) is 20.3. The molecule has 5 heteroatoms. The molecule has 3 rings (SSSR count). The number of pyridine rings is 1. The van der Waals surface area contributed by atoms with Crippen molar-refractivity contribution in [2.75, 3.05) is 13.1 Å². The maximum atomic E-state index is 12.4. The van der Waals surface area contributed by atoms with Crippen molar-refractivity contribution in [2.24, 2.45) is 11.3 Å². The Morgan fingerprint density at radius 2 is 1.71 bits per heavy atom. The van der Waals surface area contributed by atoms with Crippen molar-refractivity contribution in [1.82, 2.24) is 9.88 Å². The minimum atomic E-state index is -0.926. The van der Waals surface area contributed by atoms with Crippen LogP contribution in [0.5, 0.6) is 0 Å². The molecule has 0 aliphatic carbocycles. The van der Waals surface area contributed by atoms with Crippen molar-refractivity contribution in [2.45, 2.75) is 40.0 Å². The molecule has 2 heterocycles. The van der Waals surface area contributed by atoms with E-state index in [1.165, 1.54) is 0 Å². The molecule has 0 atom stereocenters. The van der Waals surface area contributed by atoms with Gasteiger partial charge in [0.1, 0.15) is 0 Å². The van der Waals surface area contributed by atoms with E-state index in [-0.39, 0.29) is 16.9 Å². The van der Waals surface area contributed by atoms with Gasteiger partial charge in [-0.1, -0.05) is 39.0 Å². The first-order chi connectivity index (χ1) is 13.2. The number of aromatic nitrogens is 1. The summed E-state index contributed by atoms with van der Waals surface area (Å²) in [5.41, 5.74) is 2.77. The first-order valence-electron chi connectivity index (χ1n) is 9.83. The lowest BCUT2D eigenvalue weighted by molar-refractivity contribution is -0.140. The molecule has 0 unspecified atom stereocenters. The number of nitrogens with zero attached hydrogens (tertiary/aromatic N) is 2. The Kier molecular flexibility index (Phi) is 5.82. The third kappa shape index (κ3) is 4.77. The summed E-state index contributed by atoms with van der Waals surface area (Å²) in [6.45, 7) is 7.55. The smallest absolute Gasteiger partial charge is 0.335 e. The molecule has 0 saturated carbocycles. The monoisotopic (exact) mass is 380 g/mol. The van der Waals surface area contributed by atoms with Gasteiger partial charge in [-0.15, -0.1) is 0 Å². The molecule has 28 heavy (non-hydrogen) atoms. The highest BCUT2D eigenvalue weighted by Crippen LogP contribution is 2.26. The number of carboxylic acid groups (broad SMARTS) is 1. The van der Waals surface area contributed by atoms with Crippen LogP contribution in [0.4, 0.5) is 0 Å². The van der Waals surface area contributed by atoms with Crippen molar-refractivity contribution < 1.29 is 14.7 Å². The van der Waals surface area contributed by atoms with E-state index in [0.29, 0.717) is 5.92 Å². The Labute approximate surface area is 166 Å². The van der Waals surface area contributed by atoms with Gasteiger partial charge in [0, 0.05) is 29.8 Å². The zero-order valence-corrected chi connectivity index (χ0v) is 16.8. The number of aromatic carboxylic acids is 1. The second-order valence-electron chi connectivity index (χ2n) is 8.59. The largest absolute Gasteiger partial charge is 0.478 e. The molecule has 1 fully saturated rings. The van der Waals surface area contributed by atoms with Gasteiger partial charge < -0.3 is 10.0 Å². The average molecular weight is 380 g/mol. The Morgan fingerprint density at radius 1 is 1.07 bits per heavy atom. The third-order valence-electron chi connectivity index (χ3n) is 5.28. The molecule has 0 spiro atoms. The van der Waals surface area contributed by atoms with Gasteiger partial charge in [-0.25, -0.2) is 4.79 Å². The molecule has 1 saturated heterocycles. The molecule has 1 aliphatic heterocycles. The second-order valence-corrected chi connectivity index (χ2v) is 8.59. The predicted molar refractivity (Wildman–Crippen MR) is 109 cm³/mol. The van der Waals surface area contributed by atoms with Crippen molar-refractivity contribution in [3.8, 4) is 11.3 Å². The van der Waals surface area contributed by atoms with Crippen LogP contribution in [0.2, 0.25) is 0 Å². The first-order valence-corrected chi connectivity index (χ1v) is 9.83. The molecule has 1 N–H and O–H groups in total. The third-order valence-corrected chi connectivity index (χ3v) is 5.28. The lowest BCUT2D eigenvalue weighted by Gasteiger charge is -2.35. The molecule has 0 bridgehead atoms. The van der Waals surface area contributed by atoms with Crippen molar-refractivity contribution in [3.05, 3.63) is 53.7 Å². The molecule has 1 aromatic heterocycles. The van der Waals surface area contributed by atoms with E-state index in [0.717, 1.165) is 49.3 Å². The van der Waals surface area contributed by atoms with Gasteiger partial charge in [0.05, 0.1) is 11.3 Å². The molecule has 148 valence electrons. The number of carbonyl (C=O) groups is 2. The average Bonchev–Trinajstić information content (AvgIpc) is 2.67. The number of carboxylic acids is 1. The Morgan fingerprint density at radius 3 is 2.29 bits per heavy atom. The number of piperidine rings is 1. The van der Waals surface area contributed by atoms with Crippen LogP contribution in [-0.4, -0.2) is 40.0 Å². The van der Waals surface area contributed by atoms with Crippen molar-refractivity contribution in [1.29, 1.82) is 0 Å². The number of hydrogen-bond acceptors (Lipinski definition) is 3. The normalized spacial score (nSPS) is 15.5. The maximum absolute atomic E-state index is 12.4. The molecule has 1 aliphatic rings. The van der Waals surface area contributed by atoms with Crippen LogP contribution in [0.25, 0.3) is 11.3 Å². The van der Waals surface area contributed by atoms with Crippen LogP contribution >= 0.6 is 0 Å². The van der Waals surface area contributed by atoms with Crippen molar-refractivity contribution >= 4 is 11.9 Å². The summed E-state index contributed by atoms with van der Waals surface area (Å²) in [5, 5.41) is 9.03. The van der Waals surface area contributed by atoms with Crippen LogP contribution in [0.15, 0.2) is 42.5 Å². The number of carbonyl (C=O) groups excluding carboxylic acids is 1. The second kappa shape index (κ2) is 8.13. The quantitative estimate of drug-likeness (QED) is 0.860. The summed E-state index contributed by atoms with van der Waals surface area (Å²) in [6.07, 6.45) is 2.90. The number of benzene rings is 1. The minimum Gasteiger partial charge on any atom is -0.478 e. The first kappa shape index (κ1) is 20.1. The zero-order valence-electron chi connectivity index (χ0n) is 16.8. The molecule has 5 nitrogen and oxygen atoms in total. The van der Waals surface area contributed by atoms with E-state index in [9.17, 15) is 9.59 Å². The lowest BCUT2D eigenvalue weighted by atomic mass is 9.89. The summed E-state index contributed by atoms with van der Waals surface area (Å²) in [7, 11) is 0. The van der Waals surface area contributed by atoms with Crippen LogP contribution < -0.4 is 0 Å². The molecule has 2 aromatic rings. The van der Waals surface area contributed by atoms with E-state index < -0.39 is 5.97 Å². The van der Waals surface area contributed by atoms with Gasteiger partial charge in [-0.2, -0.15) is 0 Å². The topological polar surface area (TPSA) is 70.5 Å². The van der Waals surface area contributed by atoms with E-state index in [1.807, 2.05) is 43.9 Å². The molecular formula is C23H28N2O3. The van der Waals surface area contributed by atoms with E-state index >= 15 is 0 Å². The summed E-state index contributed by atoms with van der Waals surface area (Å²) >= 11 is 0. The molecule has 1 aromatic carbocycles. The fourth-order valence-corrected chi connectivity index (χ4v) is 3.65. The number of likely N-dealkylation sites (tertiary alicyclic amines) is 1. The van der Waals surface area contributed by atoms with E-state index in [4.69, 9.17) is 10.1 Å². The van der Waals surface area contributed by atoms with Crippen LogP contribution in [0.1, 0.15) is 49.7 Å². The Balaban J connectivity index is 1.63. The highest BCUT2D eigenvalue weighted by Gasteiger charge is 2.30. The minimum absolute atomic E-state index is 0.232. The van der Waals surface area contributed by atoms with Gasteiger partial charge in [0.25, 0.3) is 0 Å². The Bertz CT molecular complexity index is 845. The standard InChI is InChI=1S/C23H28N2O3/c1-23(2,3)22(28)25-13-11-16(12-14-25)15-19-5-4-6-20(24-19)17-7-9-18(10-8-17)21(26)27/h4-10,16H,11-15H2,1-3H3,(H,26,27). The van der Waals surface area contributed by atoms with E-state index in [2.05, 4.69) is 0 Å². The predicted octanol–water partition coefficient (Wildman–Crippen LogP) is 4.27. The summed E-state index contributed by atoms with van der Waals surface area (Å²) < 4.78 is 0. The van der Waals surface area contributed by atoms with Gasteiger partial charge in [0.15, 0.2) is 0 Å². The SMILES string of the molecule is CC(C)(C)C(=O)N1CCC(Cc2cccc(-c3ccc(C(=O)O)cc3)n2)CC1. The van der Waals surface area contributed by atoms with Gasteiger partial charge >= 0.3 is 5.97 Å². The van der Waals surface area contributed by atoms with Crippen LogP contribution in [0.3, 0.4) is 0 Å². The Hall–Kier alpha value is -2.69. The summed E-state index contributed by atoms with van der Waals surface area (Å²) in [6, 6.07) is 12.8. The number of rotatable bonds is 4. The summed E-state index contributed by atoms with van der Waals surface area (Å²) in [4.78, 5) is 30.2. The van der Waals surface area contributed by atoms with Crippen molar-refractivity contribution in [3.63, 3.8) is 0 Å².